The van der Waals surface area contributed by atoms with E-state index < -0.39 is 0 Å². The molecule has 1 aliphatic heterocycles. The number of amides is 1. The van der Waals surface area contributed by atoms with Crippen LogP contribution in [-0.2, 0) is 9.53 Å². The van der Waals surface area contributed by atoms with Crippen LogP contribution in [0, 0.1) is 11.3 Å². The Morgan fingerprint density at radius 2 is 2.07 bits per heavy atom. The van der Waals surface area contributed by atoms with Gasteiger partial charge in [0, 0.05) is 19.2 Å². The minimum atomic E-state index is -0.302. The van der Waals surface area contributed by atoms with Crippen LogP contribution in [0.15, 0.2) is 56.6 Å². The number of H-pyrrole nitrogens is 1. The minimum absolute atomic E-state index is 0.0477. The number of morpholine rings is 1. The molecular weight excluding hydrogens is 364 g/mol. The molecule has 0 bridgehead atoms. The first-order valence-electron chi connectivity index (χ1n) is 8.44. The van der Waals surface area contributed by atoms with Crippen molar-refractivity contribution in [1.82, 2.24) is 14.9 Å². The summed E-state index contributed by atoms with van der Waals surface area (Å²) in [7, 11) is 0. The molecule has 27 heavy (non-hydrogen) atoms. The summed E-state index contributed by atoms with van der Waals surface area (Å²) in [4.78, 5) is 21.8. The van der Waals surface area contributed by atoms with Gasteiger partial charge in [-0.2, -0.15) is 5.26 Å². The van der Waals surface area contributed by atoms with Gasteiger partial charge in [0.2, 0.25) is 0 Å². The summed E-state index contributed by atoms with van der Waals surface area (Å²) in [5, 5.41) is 10.7. The molecule has 1 fully saturated rings. The lowest BCUT2D eigenvalue weighted by Crippen LogP contribution is -2.41. The lowest BCUT2D eigenvalue weighted by Gasteiger charge is -2.26. The summed E-state index contributed by atoms with van der Waals surface area (Å²) in [5.74, 6) is 0.149. The van der Waals surface area contributed by atoms with E-state index in [1.165, 1.54) is 17.8 Å². The first-order chi connectivity index (χ1) is 13.2. The van der Waals surface area contributed by atoms with Crippen LogP contribution in [0.5, 0.6) is 0 Å². The Morgan fingerprint density at radius 1 is 1.26 bits per heavy atom. The Bertz CT molecular complexity index is 1010. The van der Waals surface area contributed by atoms with Crippen LogP contribution < -0.4 is 0 Å². The second-order valence-corrected chi connectivity index (χ2v) is 6.89. The molecule has 0 aliphatic carbocycles. The van der Waals surface area contributed by atoms with Crippen LogP contribution in [0.25, 0.3) is 17.1 Å². The van der Waals surface area contributed by atoms with Crippen LogP contribution in [-0.4, -0.2) is 47.1 Å². The third kappa shape index (κ3) is 3.89. The van der Waals surface area contributed by atoms with E-state index in [1.807, 2.05) is 30.3 Å². The summed E-state index contributed by atoms with van der Waals surface area (Å²) in [5.41, 5.74) is 1.88. The molecule has 0 spiro atoms. The Morgan fingerprint density at radius 3 is 2.85 bits per heavy atom. The molecule has 1 saturated heterocycles. The predicted molar refractivity (Wildman–Crippen MR) is 99.9 cm³/mol. The van der Waals surface area contributed by atoms with Gasteiger partial charge in [-0.1, -0.05) is 12.1 Å². The second kappa shape index (κ2) is 7.70. The quantitative estimate of drug-likeness (QED) is 0.552. The van der Waals surface area contributed by atoms with E-state index in [-0.39, 0.29) is 11.5 Å². The Labute approximate surface area is 159 Å². The molecule has 8 heteroatoms. The Hall–Kier alpha value is -3.02. The van der Waals surface area contributed by atoms with Gasteiger partial charge in [-0.15, -0.1) is 0 Å². The first kappa shape index (κ1) is 17.4. The molecular formula is C19H16N4O3S. The van der Waals surface area contributed by atoms with Gasteiger partial charge in [0.25, 0.3) is 5.91 Å². The zero-order valence-corrected chi connectivity index (χ0v) is 15.2. The van der Waals surface area contributed by atoms with Gasteiger partial charge in [-0.3, -0.25) is 4.79 Å². The number of fused-ring (bicyclic) bond motifs is 1. The number of nitriles is 1. The van der Waals surface area contributed by atoms with Crippen molar-refractivity contribution in [3.8, 4) is 6.07 Å². The molecule has 1 amide bonds. The van der Waals surface area contributed by atoms with E-state index in [4.69, 9.17) is 9.15 Å². The lowest BCUT2D eigenvalue weighted by atomic mass is 10.2. The molecule has 1 aliphatic rings. The molecule has 0 saturated carbocycles. The van der Waals surface area contributed by atoms with Crippen LogP contribution in [0.3, 0.4) is 0 Å². The van der Waals surface area contributed by atoms with Crippen LogP contribution in [0.2, 0.25) is 0 Å². The van der Waals surface area contributed by atoms with E-state index in [0.29, 0.717) is 42.3 Å². The van der Waals surface area contributed by atoms with Crippen molar-refractivity contribution < 1.29 is 13.9 Å². The van der Waals surface area contributed by atoms with Crippen molar-refractivity contribution in [2.24, 2.45) is 0 Å². The fourth-order valence-corrected chi connectivity index (χ4v) is 3.53. The van der Waals surface area contributed by atoms with Crippen molar-refractivity contribution >= 4 is 34.8 Å². The number of aromatic amines is 1. The van der Waals surface area contributed by atoms with E-state index in [9.17, 15) is 10.1 Å². The topological polar surface area (TPSA) is 95.2 Å². The standard InChI is InChI=1S/C19H16N4O3S/c20-12-13(18(24)23-7-9-25-10-8-23)11-14-5-6-17(26-14)27-19-21-15-3-1-2-4-16(15)22-19/h1-6,11H,7-10H2,(H,21,22)/b13-11+. The molecule has 1 N–H and O–H groups in total. The predicted octanol–water partition coefficient (Wildman–Crippen LogP) is 3.07. The average Bonchev–Trinajstić information content (AvgIpc) is 3.32. The highest BCUT2D eigenvalue weighted by molar-refractivity contribution is 7.99. The number of imidazole rings is 1. The first-order valence-corrected chi connectivity index (χ1v) is 9.26. The highest BCUT2D eigenvalue weighted by Gasteiger charge is 2.21. The molecule has 0 radical (unpaired) electrons. The zero-order valence-electron chi connectivity index (χ0n) is 14.3. The number of aromatic nitrogens is 2. The number of nitrogens with zero attached hydrogens (tertiary/aromatic N) is 3. The Balaban J connectivity index is 1.49. The second-order valence-electron chi connectivity index (χ2n) is 5.89. The molecule has 3 heterocycles. The summed E-state index contributed by atoms with van der Waals surface area (Å²) >= 11 is 1.35. The van der Waals surface area contributed by atoms with Crippen molar-refractivity contribution in [3.63, 3.8) is 0 Å². The average molecular weight is 380 g/mol. The van der Waals surface area contributed by atoms with Gasteiger partial charge in [0.1, 0.15) is 17.4 Å². The van der Waals surface area contributed by atoms with Gasteiger partial charge in [0.05, 0.1) is 24.2 Å². The van der Waals surface area contributed by atoms with Gasteiger partial charge in [0.15, 0.2) is 10.2 Å². The van der Waals surface area contributed by atoms with Gasteiger partial charge >= 0.3 is 0 Å². The van der Waals surface area contributed by atoms with E-state index in [1.54, 1.807) is 17.0 Å². The molecule has 7 nitrogen and oxygen atoms in total. The van der Waals surface area contributed by atoms with Gasteiger partial charge < -0.3 is 19.0 Å². The highest BCUT2D eigenvalue weighted by atomic mass is 32.2. The van der Waals surface area contributed by atoms with Crippen molar-refractivity contribution in [2.75, 3.05) is 26.3 Å². The fraction of sp³-hybridized carbons (Fsp3) is 0.211. The zero-order chi connectivity index (χ0) is 18.6. The monoisotopic (exact) mass is 380 g/mol. The number of hydrogen-bond donors (Lipinski definition) is 1. The van der Waals surface area contributed by atoms with Crippen molar-refractivity contribution in [3.05, 3.63) is 47.7 Å². The number of carbonyl (C=O) groups is 1. The SMILES string of the molecule is N#C/C(=C\c1ccc(Sc2nc3ccccc3[nH]2)o1)C(=O)N1CCOCC1. The smallest absolute Gasteiger partial charge is 0.264 e. The number of ether oxygens (including phenoxy) is 1. The van der Waals surface area contributed by atoms with Crippen molar-refractivity contribution in [2.45, 2.75) is 10.2 Å². The summed E-state index contributed by atoms with van der Waals surface area (Å²) in [6, 6.07) is 13.3. The van der Waals surface area contributed by atoms with Gasteiger partial charge in [-0.05, 0) is 36.0 Å². The molecule has 4 rings (SSSR count). The number of benzene rings is 1. The lowest BCUT2D eigenvalue weighted by molar-refractivity contribution is -0.130. The normalized spacial score (nSPS) is 15.1. The number of furan rings is 1. The molecule has 0 unspecified atom stereocenters. The van der Waals surface area contributed by atoms with E-state index in [0.717, 1.165) is 11.0 Å². The largest absolute Gasteiger partial charge is 0.450 e. The maximum Gasteiger partial charge on any atom is 0.264 e. The molecule has 2 aromatic heterocycles. The summed E-state index contributed by atoms with van der Waals surface area (Å²) in [6.45, 7) is 1.96. The number of carbonyl (C=O) groups excluding carboxylic acids is 1. The molecule has 0 atom stereocenters. The van der Waals surface area contributed by atoms with Gasteiger partial charge in [-0.25, -0.2) is 4.98 Å². The maximum atomic E-state index is 12.4. The highest BCUT2D eigenvalue weighted by Crippen LogP contribution is 2.29. The molecule has 3 aromatic rings. The van der Waals surface area contributed by atoms with E-state index >= 15 is 0 Å². The summed E-state index contributed by atoms with van der Waals surface area (Å²) < 4.78 is 11.0. The van der Waals surface area contributed by atoms with Crippen LogP contribution in [0.1, 0.15) is 5.76 Å². The van der Waals surface area contributed by atoms with Crippen molar-refractivity contribution in [1.29, 1.82) is 5.26 Å². The fourth-order valence-electron chi connectivity index (χ4n) is 2.76. The third-order valence-corrected chi connectivity index (χ3v) is 4.91. The van der Waals surface area contributed by atoms with Crippen LogP contribution in [0.4, 0.5) is 0 Å². The number of rotatable bonds is 4. The Kier molecular flexibility index (Phi) is 4.96. The molecule has 136 valence electrons. The van der Waals surface area contributed by atoms with E-state index in [2.05, 4.69) is 9.97 Å². The molecule has 1 aromatic carbocycles. The summed E-state index contributed by atoms with van der Waals surface area (Å²) in [6.07, 6.45) is 1.47. The maximum absolute atomic E-state index is 12.4. The minimum Gasteiger partial charge on any atom is -0.450 e. The number of nitrogens with one attached hydrogen (secondary N) is 1. The number of hydrogen-bond acceptors (Lipinski definition) is 6. The van der Waals surface area contributed by atoms with Crippen LogP contribution >= 0.6 is 11.8 Å². The number of para-hydroxylation sites is 2. The third-order valence-electron chi connectivity index (χ3n) is 4.10.